The Labute approximate surface area is 122 Å². The summed E-state index contributed by atoms with van der Waals surface area (Å²) in [7, 11) is 1.63. The van der Waals surface area contributed by atoms with Crippen LogP contribution in [0.1, 0.15) is 5.56 Å². The van der Waals surface area contributed by atoms with Crippen LogP contribution in [0.3, 0.4) is 0 Å². The molecule has 0 aliphatic rings. The van der Waals surface area contributed by atoms with E-state index in [0.29, 0.717) is 15.6 Å². The van der Waals surface area contributed by atoms with Gasteiger partial charge >= 0.3 is 0 Å². The van der Waals surface area contributed by atoms with E-state index in [1.54, 1.807) is 19.2 Å². The average molecular weight is 293 g/mol. The van der Waals surface area contributed by atoms with Crippen LogP contribution >= 0.6 is 23.8 Å². The van der Waals surface area contributed by atoms with Crippen LogP contribution in [0.4, 0.5) is 11.4 Å². The van der Waals surface area contributed by atoms with Crippen molar-refractivity contribution in [3.8, 4) is 5.75 Å². The molecule has 0 heterocycles. The Morgan fingerprint density at radius 2 is 2.05 bits per heavy atom. The first-order valence-electron chi connectivity index (χ1n) is 5.60. The Balaban J connectivity index is 2.34. The number of thiocarbonyl (C=S) groups is 1. The number of benzene rings is 2. The summed E-state index contributed by atoms with van der Waals surface area (Å²) in [6.07, 6.45) is 0. The van der Waals surface area contributed by atoms with E-state index in [0.717, 1.165) is 17.1 Å². The maximum atomic E-state index is 5.95. The molecule has 0 aliphatic carbocycles. The second-order valence-corrected chi connectivity index (χ2v) is 4.79. The molecule has 0 saturated carbocycles. The summed E-state index contributed by atoms with van der Waals surface area (Å²) in [4.78, 5) is 0.299. The van der Waals surface area contributed by atoms with Crippen LogP contribution in [0.5, 0.6) is 5.75 Å². The number of hydrogen-bond donors (Lipinski definition) is 2. The smallest absolute Gasteiger partial charge is 0.120 e. The molecule has 2 rings (SSSR count). The molecule has 0 amide bonds. The van der Waals surface area contributed by atoms with Gasteiger partial charge in [-0.25, -0.2) is 0 Å². The summed E-state index contributed by atoms with van der Waals surface area (Å²) in [5.74, 6) is 0.774. The Hall–Kier alpha value is -1.78. The number of halogens is 1. The number of hydrogen-bond acceptors (Lipinski definition) is 3. The summed E-state index contributed by atoms with van der Waals surface area (Å²) >= 11 is 11.0. The number of nitrogens with two attached hydrogens (primary N) is 1. The highest BCUT2D eigenvalue weighted by Crippen LogP contribution is 2.26. The van der Waals surface area contributed by atoms with Crippen LogP contribution in [0.15, 0.2) is 42.5 Å². The summed E-state index contributed by atoms with van der Waals surface area (Å²) in [6.45, 7) is 0. The van der Waals surface area contributed by atoms with Gasteiger partial charge in [0.05, 0.1) is 7.11 Å². The Morgan fingerprint density at radius 1 is 1.26 bits per heavy atom. The Bertz CT molecular complexity index is 616. The summed E-state index contributed by atoms with van der Waals surface area (Å²) < 4.78 is 5.18. The fourth-order valence-corrected chi connectivity index (χ4v) is 2.03. The normalized spacial score (nSPS) is 10.0. The second-order valence-electron chi connectivity index (χ2n) is 3.91. The first-order valence-corrected chi connectivity index (χ1v) is 6.39. The van der Waals surface area contributed by atoms with Crippen molar-refractivity contribution >= 4 is 40.2 Å². The lowest BCUT2D eigenvalue weighted by Crippen LogP contribution is -2.11. The van der Waals surface area contributed by atoms with E-state index in [1.165, 1.54) is 0 Å². The van der Waals surface area contributed by atoms with E-state index in [4.69, 9.17) is 34.3 Å². The monoisotopic (exact) mass is 292 g/mol. The standard InChI is InChI=1S/C14H13ClN2OS/c1-18-11-4-2-3-10(8-11)17-13-6-5-9(15)7-12(13)14(16)19/h2-8,17H,1H3,(H2,16,19). The van der Waals surface area contributed by atoms with Crippen LogP contribution in [0.2, 0.25) is 5.02 Å². The van der Waals surface area contributed by atoms with Gasteiger partial charge in [-0.05, 0) is 30.3 Å². The van der Waals surface area contributed by atoms with Gasteiger partial charge in [-0.3, -0.25) is 0 Å². The van der Waals surface area contributed by atoms with Crippen molar-refractivity contribution in [3.05, 3.63) is 53.1 Å². The lowest BCUT2D eigenvalue weighted by molar-refractivity contribution is 0.415. The molecule has 0 unspecified atom stereocenters. The number of ether oxygens (including phenoxy) is 1. The molecule has 0 saturated heterocycles. The summed E-state index contributed by atoms with van der Waals surface area (Å²) in [5.41, 5.74) is 8.11. The third-order valence-electron chi connectivity index (χ3n) is 2.60. The van der Waals surface area contributed by atoms with Crippen molar-refractivity contribution in [2.24, 2.45) is 5.73 Å². The second kappa shape index (κ2) is 5.91. The quantitative estimate of drug-likeness (QED) is 0.843. The summed E-state index contributed by atoms with van der Waals surface area (Å²) in [5, 5.41) is 3.85. The first kappa shape index (κ1) is 13.6. The summed E-state index contributed by atoms with van der Waals surface area (Å²) in [6, 6.07) is 13.0. The molecule has 0 aliphatic heterocycles. The van der Waals surface area contributed by atoms with Gasteiger partial charge in [0.15, 0.2) is 0 Å². The van der Waals surface area contributed by atoms with E-state index < -0.39 is 0 Å². The van der Waals surface area contributed by atoms with Crippen molar-refractivity contribution < 1.29 is 4.74 Å². The third-order valence-corrected chi connectivity index (χ3v) is 3.05. The van der Waals surface area contributed by atoms with Gasteiger partial charge in [0.25, 0.3) is 0 Å². The van der Waals surface area contributed by atoms with Gasteiger partial charge in [0.1, 0.15) is 10.7 Å². The molecule has 0 bridgehead atoms. The number of nitrogens with one attached hydrogen (secondary N) is 1. The lowest BCUT2D eigenvalue weighted by atomic mass is 10.1. The van der Waals surface area contributed by atoms with E-state index in [2.05, 4.69) is 5.32 Å². The highest BCUT2D eigenvalue weighted by atomic mass is 35.5. The fraction of sp³-hybridized carbons (Fsp3) is 0.0714. The predicted octanol–water partition coefficient (Wildman–Crippen LogP) is 3.73. The lowest BCUT2D eigenvalue weighted by Gasteiger charge is -2.12. The minimum absolute atomic E-state index is 0.299. The molecule has 3 nitrogen and oxygen atoms in total. The van der Waals surface area contributed by atoms with Crippen molar-refractivity contribution in [1.82, 2.24) is 0 Å². The van der Waals surface area contributed by atoms with Gasteiger partial charge in [-0.15, -0.1) is 0 Å². The topological polar surface area (TPSA) is 47.3 Å². The number of rotatable bonds is 4. The SMILES string of the molecule is COc1cccc(Nc2ccc(Cl)cc2C(N)=S)c1. The van der Waals surface area contributed by atoms with Crippen LogP contribution in [-0.2, 0) is 0 Å². The first-order chi connectivity index (χ1) is 9.10. The van der Waals surface area contributed by atoms with Crippen LogP contribution < -0.4 is 15.8 Å². The third kappa shape index (κ3) is 3.36. The zero-order chi connectivity index (χ0) is 13.8. The fourth-order valence-electron chi connectivity index (χ4n) is 1.69. The molecule has 2 aromatic rings. The van der Waals surface area contributed by atoms with Gasteiger partial charge in [-0.1, -0.05) is 29.9 Å². The van der Waals surface area contributed by atoms with E-state index >= 15 is 0 Å². The molecule has 0 fully saturated rings. The maximum Gasteiger partial charge on any atom is 0.120 e. The largest absolute Gasteiger partial charge is 0.497 e. The minimum atomic E-state index is 0.299. The molecule has 5 heteroatoms. The van der Waals surface area contributed by atoms with Gasteiger partial charge in [0, 0.05) is 28.0 Å². The van der Waals surface area contributed by atoms with Gasteiger partial charge in [-0.2, -0.15) is 0 Å². The zero-order valence-corrected chi connectivity index (χ0v) is 11.9. The molecule has 0 spiro atoms. The molecular weight excluding hydrogens is 280 g/mol. The molecule has 0 aromatic heterocycles. The molecule has 19 heavy (non-hydrogen) atoms. The average Bonchev–Trinajstić information content (AvgIpc) is 2.41. The number of anilines is 2. The Kier molecular flexibility index (Phi) is 4.24. The Morgan fingerprint density at radius 3 is 2.74 bits per heavy atom. The molecular formula is C14H13ClN2OS. The minimum Gasteiger partial charge on any atom is -0.497 e. The van der Waals surface area contributed by atoms with Gasteiger partial charge < -0.3 is 15.8 Å². The van der Waals surface area contributed by atoms with E-state index in [1.807, 2.05) is 30.3 Å². The van der Waals surface area contributed by atoms with Crippen molar-refractivity contribution in [3.63, 3.8) is 0 Å². The highest BCUT2D eigenvalue weighted by Gasteiger charge is 2.07. The zero-order valence-electron chi connectivity index (χ0n) is 10.3. The molecule has 0 atom stereocenters. The molecule has 0 radical (unpaired) electrons. The van der Waals surface area contributed by atoms with Crippen molar-refractivity contribution in [2.75, 3.05) is 12.4 Å². The maximum absolute atomic E-state index is 5.95. The molecule has 2 aromatic carbocycles. The van der Waals surface area contributed by atoms with Crippen molar-refractivity contribution in [2.45, 2.75) is 0 Å². The predicted molar refractivity (Wildman–Crippen MR) is 83.6 cm³/mol. The van der Waals surface area contributed by atoms with Crippen molar-refractivity contribution in [1.29, 1.82) is 0 Å². The van der Waals surface area contributed by atoms with Gasteiger partial charge in [0.2, 0.25) is 0 Å². The molecule has 98 valence electrons. The van der Waals surface area contributed by atoms with E-state index in [-0.39, 0.29) is 0 Å². The van der Waals surface area contributed by atoms with E-state index in [9.17, 15) is 0 Å². The van der Waals surface area contributed by atoms with Crippen LogP contribution in [0, 0.1) is 0 Å². The number of methoxy groups -OCH3 is 1. The molecule has 3 N–H and O–H groups in total. The highest BCUT2D eigenvalue weighted by molar-refractivity contribution is 7.80. The van der Waals surface area contributed by atoms with Crippen LogP contribution in [0.25, 0.3) is 0 Å². The van der Waals surface area contributed by atoms with Crippen LogP contribution in [-0.4, -0.2) is 12.1 Å².